The van der Waals surface area contributed by atoms with Gasteiger partial charge in [0, 0.05) is 62.1 Å². The van der Waals surface area contributed by atoms with Crippen LogP contribution < -0.4 is 21.3 Å². The van der Waals surface area contributed by atoms with Gasteiger partial charge in [0.05, 0.1) is 13.2 Å². The third-order valence-corrected chi connectivity index (χ3v) is 7.97. The van der Waals surface area contributed by atoms with E-state index in [0.29, 0.717) is 49.9 Å². The Morgan fingerprint density at radius 3 is 2.21 bits per heavy atom. The first-order valence-electron chi connectivity index (χ1n) is 14.6. The third-order valence-electron chi connectivity index (χ3n) is 7.97. The SMILES string of the molecule is CN(C)c1ccc(C(=O)CC2CCC(Nc3nnc(C(N)=O)c(Nc4ccc(C(=O)N5CCOCC5)cc4)n3)CC2)cc1. The predicted molar refractivity (Wildman–Crippen MR) is 164 cm³/mol. The van der Waals surface area contributed by atoms with Crippen LogP contribution in [0.5, 0.6) is 0 Å². The quantitative estimate of drug-likeness (QED) is 0.301. The predicted octanol–water partition coefficient (Wildman–Crippen LogP) is 3.50. The van der Waals surface area contributed by atoms with Gasteiger partial charge in [-0.2, -0.15) is 4.98 Å². The van der Waals surface area contributed by atoms with Gasteiger partial charge in [-0.05, 0) is 80.1 Å². The number of aromatic nitrogens is 3. The van der Waals surface area contributed by atoms with Crippen LogP contribution in [0.3, 0.4) is 0 Å². The Morgan fingerprint density at radius 1 is 0.930 bits per heavy atom. The van der Waals surface area contributed by atoms with Crippen LogP contribution >= 0.6 is 0 Å². The summed E-state index contributed by atoms with van der Waals surface area (Å²) in [5.74, 6) is 0.149. The Balaban J connectivity index is 1.17. The number of morpholine rings is 1. The lowest BCUT2D eigenvalue weighted by Crippen LogP contribution is -2.40. The Hall–Kier alpha value is -4.58. The summed E-state index contributed by atoms with van der Waals surface area (Å²) >= 11 is 0. The zero-order valence-electron chi connectivity index (χ0n) is 24.6. The number of Topliss-reactive ketones (excluding diaryl/α,β-unsaturated/α-hetero) is 1. The Kier molecular flexibility index (Phi) is 9.45. The van der Waals surface area contributed by atoms with Gasteiger partial charge in [-0.3, -0.25) is 14.4 Å². The molecule has 12 nitrogen and oxygen atoms in total. The van der Waals surface area contributed by atoms with Crippen molar-refractivity contribution >= 4 is 40.7 Å². The number of hydrogen-bond donors (Lipinski definition) is 3. The average Bonchev–Trinajstić information content (AvgIpc) is 3.02. The largest absolute Gasteiger partial charge is 0.378 e. The van der Waals surface area contributed by atoms with Gasteiger partial charge in [-0.15, -0.1) is 10.2 Å². The van der Waals surface area contributed by atoms with E-state index >= 15 is 0 Å². The standard InChI is InChI=1S/C31H38N8O4/c1-38(2)25-13-7-21(8-14-25)26(40)19-20-3-9-24(10-4-20)34-31-35-29(27(28(32)41)36-37-31)33-23-11-5-22(6-12-23)30(42)39-15-17-43-18-16-39/h5-8,11-14,20,24H,3-4,9-10,15-19H2,1-2H3,(H2,32,41)(H2,33,34,35,37). The summed E-state index contributed by atoms with van der Waals surface area (Å²) in [4.78, 5) is 45.9. The number of carbonyl (C=O) groups excluding carboxylic acids is 3. The van der Waals surface area contributed by atoms with Crippen LogP contribution in [0, 0.1) is 5.92 Å². The number of primary amides is 1. The van der Waals surface area contributed by atoms with E-state index in [-0.39, 0.29) is 35.2 Å². The number of anilines is 4. The summed E-state index contributed by atoms with van der Waals surface area (Å²) in [5.41, 5.74) is 8.45. The first-order valence-corrected chi connectivity index (χ1v) is 14.6. The van der Waals surface area contributed by atoms with Gasteiger partial charge in [0.25, 0.3) is 11.8 Å². The van der Waals surface area contributed by atoms with E-state index in [1.165, 1.54) is 0 Å². The van der Waals surface area contributed by atoms with Crippen LogP contribution in [0.4, 0.5) is 23.1 Å². The lowest BCUT2D eigenvalue weighted by atomic mass is 9.82. The minimum absolute atomic E-state index is 0.0550. The summed E-state index contributed by atoms with van der Waals surface area (Å²) in [6.45, 7) is 2.20. The molecule has 12 heteroatoms. The highest BCUT2D eigenvalue weighted by Gasteiger charge is 2.25. The van der Waals surface area contributed by atoms with Crippen LogP contribution in [-0.2, 0) is 4.74 Å². The number of amides is 2. The van der Waals surface area contributed by atoms with Crippen molar-refractivity contribution in [2.24, 2.45) is 11.7 Å². The molecular weight excluding hydrogens is 548 g/mol. The fourth-order valence-corrected chi connectivity index (χ4v) is 5.44. The summed E-state index contributed by atoms with van der Waals surface area (Å²) in [6.07, 6.45) is 4.07. The number of nitrogens with zero attached hydrogens (tertiary/aromatic N) is 5. The van der Waals surface area contributed by atoms with Crippen molar-refractivity contribution in [3.05, 3.63) is 65.4 Å². The second-order valence-corrected chi connectivity index (χ2v) is 11.2. The molecule has 0 spiro atoms. The average molecular weight is 587 g/mol. The first-order chi connectivity index (χ1) is 20.8. The highest BCUT2D eigenvalue weighted by atomic mass is 16.5. The number of carbonyl (C=O) groups is 3. The van der Waals surface area contributed by atoms with Crippen LogP contribution in [-0.4, -0.2) is 84.1 Å². The van der Waals surface area contributed by atoms with E-state index < -0.39 is 5.91 Å². The van der Waals surface area contributed by atoms with Gasteiger partial charge < -0.3 is 30.9 Å². The molecule has 43 heavy (non-hydrogen) atoms. The van der Waals surface area contributed by atoms with E-state index in [4.69, 9.17) is 10.5 Å². The minimum Gasteiger partial charge on any atom is -0.378 e. The minimum atomic E-state index is -0.755. The number of rotatable bonds is 10. The van der Waals surface area contributed by atoms with E-state index in [9.17, 15) is 14.4 Å². The van der Waals surface area contributed by atoms with Crippen molar-refractivity contribution in [3.8, 4) is 0 Å². The summed E-state index contributed by atoms with van der Waals surface area (Å²) in [7, 11) is 3.95. The number of hydrogen-bond acceptors (Lipinski definition) is 10. The van der Waals surface area contributed by atoms with Gasteiger partial charge in [0.1, 0.15) is 0 Å². The fraction of sp³-hybridized carbons (Fsp3) is 0.419. The molecule has 2 fully saturated rings. The third kappa shape index (κ3) is 7.63. The fourth-order valence-electron chi connectivity index (χ4n) is 5.44. The molecule has 1 saturated carbocycles. The molecule has 0 unspecified atom stereocenters. The lowest BCUT2D eigenvalue weighted by molar-refractivity contribution is 0.0303. The van der Waals surface area contributed by atoms with Gasteiger partial charge in [0.15, 0.2) is 17.3 Å². The van der Waals surface area contributed by atoms with Crippen molar-refractivity contribution in [2.75, 3.05) is 55.9 Å². The maximum atomic E-state index is 12.8. The molecule has 0 atom stereocenters. The molecule has 0 radical (unpaired) electrons. The van der Waals surface area contributed by atoms with Crippen molar-refractivity contribution in [2.45, 2.75) is 38.1 Å². The lowest BCUT2D eigenvalue weighted by Gasteiger charge is -2.28. The van der Waals surface area contributed by atoms with Crippen molar-refractivity contribution in [1.82, 2.24) is 20.1 Å². The molecule has 3 aromatic rings. The zero-order valence-corrected chi connectivity index (χ0v) is 24.6. The number of nitrogens with one attached hydrogen (secondary N) is 2. The molecule has 0 bridgehead atoms. The van der Waals surface area contributed by atoms with Crippen LogP contribution in [0.1, 0.15) is 63.3 Å². The van der Waals surface area contributed by atoms with E-state index in [1.54, 1.807) is 29.2 Å². The van der Waals surface area contributed by atoms with E-state index in [1.807, 2.05) is 43.3 Å². The molecule has 4 N–H and O–H groups in total. The van der Waals surface area contributed by atoms with Crippen molar-refractivity contribution < 1.29 is 19.1 Å². The number of nitrogens with two attached hydrogens (primary N) is 1. The summed E-state index contributed by atoms with van der Waals surface area (Å²) < 4.78 is 5.32. The molecule has 5 rings (SSSR count). The molecule has 1 aliphatic carbocycles. The summed E-state index contributed by atoms with van der Waals surface area (Å²) in [5, 5.41) is 14.5. The zero-order chi connectivity index (χ0) is 30.3. The second kappa shape index (κ2) is 13.6. The Bertz CT molecular complexity index is 1430. The molecule has 2 aliphatic rings. The number of benzene rings is 2. The van der Waals surface area contributed by atoms with E-state index in [2.05, 4.69) is 25.8 Å². The molecular formula is C31H38N8O4. The van der Waals surface area contributed by atoms with Crippen molar-refractivity contribution in [3.63, 3.8) is 0 Å². The second-order valence-electron chi connectivity index (χ2n) is 11.2. The molecule has 2 amide bonds. The maximum Gasteiger partial charge on any atom is 0.273 e. The van der Waals surface area contributed by atoms with Gasteiger partial charge >= 0.3 is 0 Å². The monoisotopic (exact) mass is 586 g/mol. The number of ether oxygens (including phenoxy) is 1. The molecule has 2 heterocycles. The highest BCUT2D eigenvalue weighted by Crippen LogP contribution is 2.30. The normalized spacial score (nSPS) is 18.5. The van der Waals surface area contributed by atoms with Gasteiger partial charge in [0.2, 0.25) is 5.95 Å². The molecule has 1 aromatic heterocycles. The van der Waals surface area contributed by atoms with E-state index in [0.717, 1.165) is 36.9 Å². The maximum absolute atomic E-state index is 12.8. The molecule has 226 valence electrons. The number of ketones is 1. The van der Waals surface area contributed by atoms with Crippen LogP contribution in [0.25, 0.3) is 0 Å². The van der Waals surface area contributed by atoms with Gasteiger partial charge in [-0.25, -0.2) is 0 Å². The molecule has 1 aliphatic heterocycles. The molecule has 2 aromatic carbocycles. The topological polar surface area (TPSA) is 156 Å². The first kappa shape index (κ1) is 29.9. The van der Waals surface area contributed by atoms with Crippen LogP contribution in [0.15, 0.2) is 48.5 Å². The summed E-state index contributed by atoms with van der Waals surface area (Å²) in [6, 6.07) is 14.8. The van der Waals surface area contributed by atoms with Crippen molar-refractivity contribution in [1.29, 1.82) is 0 Å². The molecule has 1 saturated heterocycles. The Morgan fingerprint density at radius 2 is 1.58 bits per heavy atom. The van der Waals surface area contributed by atoms with Gasteiger partial charge in [-0.1, -0.05) is 0 Å². The van der Waals surface area contributed by atoms with Crippen LogP contribution in [0.2, 0.25) is 0 Å². The Labute approximate surface area is 251 Å². The highest BCUT2D eigenvalue weighted by molar-refractivity contribution is 5.97. The smallest absolute Gasteiger partial charge is 0.273 e.